The second-order valence-corrected chi connectivity index (χ2v) is 13.3. The van der Waals surface area contributed by atoms with E-state index in [9.17, 15) is 27.6 Å². The molecule has 4 aliphatic rings. The number of hydrogen-bond donors (Lipinski definition) is 0. The van der Waals surface area contributed by atoms with E-state index in [0.717, 1.165) is 10.5 Å². The van der Waals surface area contributed by atoms with Crippen molar-refractivity contribution in [1.82, 2.24) is 9.21 Å². The number of sulfonamides is 1. The SMILES string of the molecule is COC(=O)[C@H]1C[C@H]2N(C(C)=O)c3ccccc3C[C@@]23CCN(S(=O)(=O)c2ccc(OC)cc2)[C@H]3[C@@H]1C(=O)N1CCOC1=O. The zero-order valence-corrected chi connectivity index (χ0v) is 24.9. The zero-order valence-electron chi connectivity index (χ0n) is 24.1. The summed E-state index contributed by atoms with van der Waals surface area (Å²) in [5.41, 5.74) is 0.594. The molecule has 2 saturated heterocycles. The summed E-state index contributed by atoms with van der Waals surface area (Å²) in [6.45, 7) is 1.47. The Labute approximate surface area is 249 Å². The van der Waals surface area contributed by atoms with E-state index in [2.05, 4.69) is 0 Å². The van der Waals surface area contributed by atoms with Crippen LogP contribution in [-0.4, -0.2) is 87.5 Å². The van der Waals surface area contributed by atoms with Crippen molar-refractivity contribution in [3.63, 3.8) is 0 Å². The normalized spacial score (nSPS) is 28.4. The van der Waals surface area contributed by atoms with E-state index in [1.807, 2.05) is 24.3 Å². The lowest BCUT2D eigenvalue weighted by atomic mass is 9.55. The number of rotatable bonds is 5. The Bertz CT molecular complexity index is 1590. The summed E-state index contributed by atoms with van der Waals surface area (Å²) in [7, 11) is -1.55. The summed E-state index contributed by atoms with van der Waals surface area (Å²) in [6, 6.07) is 11.7. The Balaban J connectivity index is 1.57. The first kappa shape index (κ1) is 29.1. The van der Waals surface area contributed by atoms with E-state index in [1.165, 1.54) is 49.7 Å². The molecule has 0 aromatic heterocycles. The van der Waals surface area contributed by atoms with Gasteiger partial charge in [0.1, 0.15) is 12.4 Å². The molecule has 1 aliphatic carbocycles. The number of cyclic esters (lactones) is 1. The summed E-state index contributed by atoms with van der Waals surface area (Å²) in [4.78, 5) is 56.3. The molecule has 1 spiro atoms. The Morgan fingerprint density at radius 1 is 1.02 bits per heavy atom. The maximum Gasteiger partial charge on any atom is 0.416 e. The summed E-state index contributed by atoms with van der Waals surface area (Å²) >= 11 is 0. The van der Waals surface area contributed by atoms with Crippen LogP contribution in [0.5, 0.6) is 5.75 Å². The average molecular weight is 612 g/mol. The fraction of sp³-hybridized carbons (Fsp3) is 0.467. The molecule has 3 fully saturated rings. The van der Waals surface area contributed by atoms with Gasteiger partial charge in [-0.05, 0) is 55.2 Å². The number of para-hydroxylation sites is 1. The number of amides is 3. The van der Waals surface area contributed by atoms with Gasteiger partial charge in [-0.2, -0.15) is 4.31 Å². The highest BCUT2D eigenvalue weighted by molar-refractivity contribution is 7.89. The third kappa shape index (κ3) is 4.39. The van der Waals surface area contributed by atoms with Crippen molar-refractivity contribution >= 4 is 39.6 Å². The molecule has 0 radical (unpaired) electrons. The summed E-state index contributed by atoms with van der Waals surface area (Å²) < 4.78 is 45.5. The Kier molecular flexibility index (Phi) is 7.20. The van der Waals surface area contributed by atoms with Crippen LogP contribution in [0.3, 0.4) is 0 Å². The number of benzene rings is 2. The highest BCUT2D eigenvalue weighted by Gasteiger charge is 2.68. The van der Waals surface area contributed by atoms with Crippen LogP contribution in [0, 0.1) is 17.3 Å². The number of anilines is 1. The molecule has 228 valence electrons. The summed E-state index contributed by atoms with van der Waals surface area (Å²) in [5, 5.41) is 0. The standard InChI is InChI=1S/C30H33N3O9S/c1-18(34)33-23-7-5-4-6-19(23)17-30-12-13-32(43(38,39)21-10-8-20(40-2)9-11-21)26(30)25(22(16-24(30)33)28(36)41-3)27(35)31-14-15-42-29(31)37/h4-11,22,24-26H,12-17H2,1-3H3/t22-,24+,25+,26-,30-/m0/s1. The van der Waals surface area contributed by atoms with Crippen molar-refractivity contribution in [1.29, 1.82) is 0 Å². The van der Waals surface area contributed by atoms with Gasteiger partial charge in [0.05, 0.1) is 37.5 Å². The molecule has 6 rings (SSSR count). The van der Waals surface area contributed by atoms with Gasteiger partial charge in [0.15, 0.2) is 0 Å². The Hall–Kier alpha value is -3.97. The molecule has 0 unspecified atom stereocenters. The van der Waals surface area contributed by atoms with Crippen molar-refractivity contribution in [3.8, 4) is 5.75 Å². The van der Waals surface area contributed by atoms with Gasteiger partial charge in [-0.15, -0.1) is 0 Å². The lowest BCUT2D eigenvalue weighted by Gasteiger charge is -2.58. The van der Waals surface area contributed by atoms with E-state index in [1.54, 1.807) is 4.90 Å². The van der Waals surface area contributed by atoms with E-state index < -0.39 is 57.3 Å². The van der Waals surface area contributed by atoms with Crippen LogP contribution < -0.4 is 9.64 Å². The first-order valence-electron chi connectivity index (χ1n) is 14.1. The van der Waals surface area contributed by atoms with Crippen LogP contribution >= 0.6 is 0 Å². The first-order valence-corrected chi connectivity index (χ1v) is 15.6. The number of hydrogen-bond acceptors (Lipinski definition) is 9. The molecule has 43 heavy (non-hydrogen) atoms. The number of carbonyl (C=O) groups excluding carboxylic acids is 4. The van der Waals surface area contributed by atoms with Crippen molar-refractivity contribution in [2.75, 3.05) is 38.8 Å². The van der Waals surface area contributed by atoms with Gasteiger partial charge in [0, 0.05) is 36.7 Å². The van der Waals surface area contributed by atoms with Crippen LogP contribution in [-0.2, 0) is 40.3 Å². The number of methoxy groups -OCH3 is 2. The minimum atomic E-state index is -4.23. The fourth-order valence-corrected chi connectivity index (χ4v) is 9.46. The van der Waals surface area contributed by atoms with Crippen molar-refractivity contribution < 1.29 is 41.8 Å². The van der Waals surface area contributed by atoms with Crippen molar-refractivity contribution in [2.45, 2.75) is 43.2 Å². The van der Waals surface area contributed by atoms with Gasteiger partial charge >= 0.3 is 12.1 Å². The van der Waals surface area contributed by atoms with Crippen molar-refractivity contribution in [3.05, 3.63) is 54.1 Å². The lowest BCUT2D eigenvalue weighted by Crippen LogP contribution is -2.69. The molecule has 3 heterocycles. The molecule has 3 amide bonds. The zero-order chi connectivity index (χ0) is 30.7. The van der Waals surface area contributed by atoms with E-state index in [-0.39, 0.29) is 36.9 Å². The third-order valence-corrected chi connectivity index (χ3v) is 11.4. The number of fused-ring (bicyclic) bond motifs is 1. The second-order valence-electron chi connectivity index (χ2n) is 11.4. The first-order chi connectivity index (χ1) is 20.5. The van der Waals surface area contributed by atoms with Gasteiger partial charge < -0.3 is 19.1 Å². The lowest BCUT2D eigenvalue weighted by molar-refractivity contribution is -0.160. The van der Waals surface area contributed by atoms with E-state index in [4.69, 9.17) is 14.2 Å². The molecule has 3 aliphatic heterocycles. The number of ether oxygens (including phenoxy) is 3. The molecule has 12 nitrogen and oxygen atoms in total. The summed E-state index contributed by atoms with van der Waals surface area (Å²) in [5.74, 6) is -3.58. The van der Waals surface area contributed by atoms with E-state index in [0.29, 0.717) is 24.3 Å². The molecule has 2 aromatic rings. The molecular weight excluding hydrogens is 578 g/mol. The number of carbonyl (C=O) groups is 4. The Morgan fingerprint density at radius 3 is 2.37 bits per heavy atom. The largest absolute Gasteiger partial charge is 0.497 e. The van der Waals surface area contributed by atoms with Gasteiger partial charge in [0.25, 0.3) is 0 Å². The average Bonchev–Trinajstić information content (AvgIpc) is 3.61. The highest BCUT2D eigenvalue weighted by atomic mass is 32.2. The number of imide groups is 1. The molecule has 13 heteroatoms. The molecule has 2 aromatic carbocycles. The van der Waals surface area contributed by atoms with Crippen molar-refractivity contribution in [2.24, 2.45) is 17.3 Å². The topological polar surface area (TPSA) is 140 Å². The third-order valence-electron chi connectivity index (χ3n) is 9.52. The summed E-state index contributed by atoms with van der Waals surface area (Å²) in [6.07, 6.45) is -0.0734. The fourth-order valence-electron chi connectivity index (χ4n) is 7.74. The number of nitrogens with zero attached hydrogens (tertiary/aromatic N) is 3. The van der Waals surface area contributed by atoms with Crippen LogP contribution in [0.4, 0.5) is 10.5 Å². The Morgan fingerprint density at radius 2 is 1.74 bits per heavy atom. The minimum Gasteiger partial charge on any atom is -0.497 e. The van der Waals surface area contributed by atoms with Gasteiger partial charge in [-0.1, -0.05) is 18.2 Å². The maximum absolute atomic E-state index is 14.4. The van der Waals surface area contributed by atoms with Crippen LogP contribution in [0.25, 0.3) is 0 Å². The minimum absolute atomic E-state index is 0.00201. The van der Waals surface area contributed by atoms with Gasteiger partial charge in [0.2, 0.25) is 21.8 Å². The smallest absolute Gasteiger partial charge is 0.416 e. The van der Waals surface area contributed by atoms with Crippen LogP contribution in [0.15, 0.2) is 53.4 Å². The maximum atomic E-state index is 14.4. The molecule has 0 N–H and O–H groups in total. The van der Waals surface area contributed by atoms with Crippen LogP contribution in [0.1, 0.15) is 25.3 Å². The highest BCUT2D eigenvalue weighted by Crippen LogP contribution is 2.59. The quantitative estimate of drug-likeness (QED) is 0.466. The molecule has 1 saturated carbocycles. The predicted molar refractivity (Wildman–Crippen MR) is 151 cm³/mol. The van der Waals surface area contributed by atoms with E-state index >= 15 is 0 Å². The van der Waals surface area contributed by atoms with Crippen LogP contribution in [0.2, 0.25) is 0 Å². The molecule has 5 atom stereocenters. The number of esters is 1. The molecular formula is C30H33N3O9S. The second kappa shape index (κ2) is 10.6. The molecule has 0 bridgehead atoms. The monoisotopic (exact) mass is 611 g/mol. The predicted octanol–water partition coefficient (Wildman–Crippen LogP) is 2.21. The van der Waals surface area contributed by atoms with Gasteiger partial charge in [-0.3, -0.25) is 14.4 Å². The van der Waals surface area contributed by atoms with Gasteiger partial charge in [-0.25, -0.2) is 18.1 Å².